The third-order valence-electron chi connectivity index (χ3n) is 7.85. The van der Waals surface area contributed by atoms with Crippen molar-refractivity contribution in [2.45, 2.75) is 79.6 Å². The van der Waals surface area contributed by atoms with Gasteiger partial charge in [0.2, 0.25) is 0 Å². The van der Waals surface area contributed by atoms with E-state index in [1.807, 2.05) is 63.6 Å². The molecule has 2 aliphatic rings. The molecule has 7 heteroatoms. The van der Waals surface area contributed by atoms with Crippen LogP contribution < -0.4 is 10.3 Å². The van der Waals surface area contributed by atoms with E-state index in [1.165, 1.54) is 12.8 Å². The Kier molecular flexibility index (Phi) is 8.88. The fraction of sp³-hybridized carbons (Fsp3) is 0.500. The summed E-state index contributed by atoms with van der Waals surface area (Å²) >= 11 is 0. The summed E-state index contributed by atoms with van der Waals surface area (Å²) in [5.74, 6) is 2.00. The van der Waals surface area contributed by atoms with Crippen molar-refractivity contribution in [3.05, 3.63) is 80.3 Å². The average molecular weight is 533 g/mol. The number of hydrogen-bond donors (Lipinski definition) is 0. The summed E-state index contributed by atoms with van der Waals surface area (Å²) < 4.78 is 7.70. The molecule has 0 bridgehead atoms. The summed E-state index contributed by atoms with van der Waals surface area (Å²) in [5.41, 5.74) is 5.48. The number of likely N-dealkylation sites (tertiary alicyclic amines) is 1. The highest BCUT2D eigenvalue weighted by Crippen LogP contribution is 2.35. The minimum Gasteiger partial charge on any atom is -0.495 e. The monoisotopic (exact) mass is 532 g/mol. The maximum absolute atomic E-state index is 13.8. The predicted molar refractivity (Wildman–Crippen MR) is 157 cm³/mol. The standard InChI is InChI=1S/C30H36N4O3.C2H6.H2/c1-18-15-20(3)27(31-16-18)23-13-14-33(17-23)30(36)26-21(4)34(28-19(2)7-6-8-24(28)37-5)25(32-29(26)35)12-11-22-9-10-22;1-2;/h6-8,15-16,22-23H,9-14,17H2,1-5H3;1-2H3;1H. The molecule has 5 rings (SSSR count). The van der Waals surface area contributed by atoms with Crippen LogP contribution in [0.1, 0.15) is 91.1 Å². The molecule has 0 radical (unpaired) electrons. The zero-order chi connectivity index (χ0) is 28.3. The first-order valence-electron chi connectivity index (χ1n) is 14.3. The highest BCUT2D eigenvalue weighted by atomic mass is 16.5. The molecule has 0 spiro atoms. The number of pyridine rings is 1. The van der Waals surface area contributed by atoms with Gasteiger partial charge in [-0.25, -0.2) is 0 Å². The number of aromatic nitrogens is 3. The third-order valence-corrected chi connectivity index (χ3v) is 7.85. The fourth-order valence-corrected chi connectivity index (χ4v) is 5.70. The number of methoxy groups -OCH3 is 1. The molecule has 0 N–H and O–H groups in total. The van der Waals surface area contributed by atoms with Gasteiger partial charge in [-0.3, -0.25) is 19.1 Å². The number of carbonyl (C=O) groups excluding carboxylic acids is 1. The van der Waals surface area contributed by atoms with Crippen LogP contribution in [-0.4, -0.2) is 45.5 Å². The lowest BCUT2D eigenvalue weighted by Gasteiger charge is -2.24. The van der Waals surface area contributed by atoms with Gasteiger partial charge in [-0.2, -0.15) is 4.98 Å². The molecule has 7 nitrogen and oxygen atoms in total. The van der Waals surface area contributed by atoms with E-state index in [0.29, 0.717) is 42.7 Å². The summed E-state index contributed by atoms with van der Waals surface area (Å²) in [4.78, 5) is 38.2. The molecule has 1 aromatic carbocycles. The zero-order valence-electron chi connectivity index (χ0n) is 24.5. The van der Waals surface area contributed by atoms with E-state index in [0.717, 1.165) is 40.9 Å². The number of aryl methyl sites for hydroxylation is 4. The highest BCUT2D eigenvalue weighted by molar-refractivity contribution is 5.95. The quantitative estimate of drug-likeness (QED) is 0.367. The van der Waals surface area contributed by atoms with Gasteiger partial charge in [-0.15, -0.1) is 0 Å². The first-order valence-corrected chi connectivity index (χ1v) is 14.3. The Morgan fingerprint density at radius 3 is 2.51 bits per heavy atom. The minimum absolute atomic E-state index is 0. The van der Waals surface area contributed by atoms with Crippen molar-refractivity contribution in [3.63, 3.8) is 0 Å². The molecule has 2 fully saturated rings. The maximum atomic E-state index is 13.8. The molecule has 1 atom stereocenters. The summed E-state index contributed by atoms with van der Waals surface area (Å²) in [6, 6.07) is 8.01. The van der Waals surface area contributed by atoms with Gasteiger partial charge in [0.05, 0.1) is 12.8 Å². The van der Waals surface area contributed by atoms with Gasteiger partial charge in [0, 0.05) is 44.4 Å². The molecule has 1 saturated heterocycles. The fourth-order valence-electron chi connectivity index (χ4n) is 5.70. The predicted octanol–water partition coefficient (Wildman–Crippen LogP) is 6.11. The molecular weight excluding hydrogens is 488 g/mol. The number of ether oxygens (including phenoxy) is 1. The molecule has 3 heterocycles. The van der Waals surface area contributed by atoms with Crippen LogP contribution in [0.3, 0.4) is 0 Å². The lowest BCUT2D eigenvalue weighted by molar-refractivity contribution is 0.0787. The molecule has 1 unspecified atom stereocenters. The van der Waals surface area contributed by atoms with E-state index < -0.39 is 5.56 Å². The van der Waals surface area contributed by atoms with Gasteiger partial charge in [0.25, 0.3) is 11.5 Å². The number of para-hydroxylation sites is 1. The van der Waals surface area contributed by atoms with Crippen LogP contribution >= 0.6 is 0 Å². The van der Waals surface area contributed by atoms with E-state index in [9.17, 15) is 9.59 Å². The smallest absolute Gasteiger partial charge is 0.286 e. The van der Waals surface area contributed by atoms with Crippen LogP contribution in [0, 0.1) is 33.6 Å². The van der Waals surface area contributed by atoms with Crippen molar-refractivity contribution in [1.82, 2.24) is 19.4 Å². The number of carbonyl (C=O) groups is 1. The number of benzene rings is 1. The minimum atomic E-state index is -0.440. The molecule has 2 aromatic heterocycles. The number of amides is 1. The number of hydrogen-bond acceptors (Lipinski definition) is 5. The first-order chi connectivity index (χ1) is 18.8. The molecule has 1 aliphatic heterocycles. The second-order valence-electron chi connectivity index (χ2n) is 10.7. The first kappa shape index (κ1) is 28.5. The van der Waals surface area contributed by atoms with Crippen LogP contribution in [0.4, 0.5) is 0 Å². The highest BCUT2D eigenvalue weighted by Gasteiger charge is 2.33. The van der Waals surface area contributed by atoms with Gasteiger partial charge in [-0.05, 0) is 69.2 Å². The van der Waals surface area contributed by atoms with Gasteiger partial charge in [0.15, 0.2) is 0 Å². The van der Waals surface area contributed by atoms with Crippen LogP contribution in [0.25, 0.3) is 5.69 Å². The Hall–Kier alpha value is -3.48. The van der Waals surface area contributed by atoms with Crippen LogP contribution in [0.2, 0.25) is 0 Å². The Balaban J connectivity index is 0.00000144. The van der Waals surface area contributed by atoms with Gasteiger partial charge < -0.3 is 9.64 Å². The molecule has 39 heavy (non-hydrogen) atoms. The molecule has 210 valence electrons. The second kappa shape index (κ2) is 12.1. The molecule has 1 aliphatic carbocycles. The van der Waals surface area contributed by atoms with Crippen molar-refractivity contribution in [1.29, 1.82) is 0 Å². The molecule has 1 saturated carbocycles. The second-order valence-corrected chi connectivity index (χ2v) is 10.7. The van der Waals surface area contributed by atoms with Crippen LogP contribution in [0.5, 0.6) is 5.75 Å². The van der Waals surface area contributed by atoms with E-state index >= 15 is 0 Å². The Morgan fingerprint density at radius 1 is 1.10 bits per heavy atom. The lowest BCUT2D eigenvalue weighted by atomic mass is 9.99. The summed E-state index contributed by atoms with van der Waals surface area (Å²) in [6.45, 7) is 13.1. The molecular formula is C32H44N4O3. The van der Waals surface area contributed by atoms with Crippen LogP contribution in [0.15, 0.2) is 35.3 Å². The van der Waals surface area contributed by atoms with E-state index in [1.54, 1.807) is 12.0 Å². The van der Waals surface area contributed by atoms with E-state index in [4.69, 9.17) is 4.74 Å². The van der Waals surface area contributed by atoms with Crippen molar-refractivity contribution < 1.29 is 11.0 Å². The van der Waals surface area contributed by atoms with Gasteiger partial charge >= 0.3 is 0 Å². The normalized spacial score (nSPS) is 16.6. The van der Waals surface area contributed by atoms with Crippen LogP contribution in [-0.2, 0) is 6.42 Å². The van der Waals surface area contributed by atoms with Crippen molar-refractivity contribution in [3.8, 4) is 11.4 Å². The van der Waals surface area contributed by atoms with Gasteiger partial charge in [-0.1, -0.05) is 44.9 Å². The molecule has 3 aromatic rings. The van der Waals surface area contributed by atoms with Crippen molar-refractivity contribution >= 4 is 5.91 Å². The SMILES string of the molecule is CC.COc1cccc(C)c1-n1c(CCC2CC2)nc(=O)c(C(=O)N2CCC(c3ncc(C)cc3C)C2)c1C.[HH]. The molecule has 1 amide bonds. The largest absolute Gasteiger partial charge is 0.495 e. The average Bonchev–Trinajstić information content (AvgIpc) is 3.62. The summed E-state index contributed by atoms with van der Waals surface area (Å²) in [6.07, 6.45) is 6.86. The maximum Gasteiger partial charge on any atom is 0.286 e. The zero-order valence-corrected chi connectivity index (χ0v) is 24.5. The Morgan fingerprint density at radius 2 is 1.85 bits per heavy atom. The lowest BCUT2D eigenvalue weighted by Crippen LogP contribution is -2.36. The van der Waals surface area contributed by atoms with Crippen molar-refractivity contribution in [2.24, 2.45) is 5.92 Å². The summed E-state index contributed by atoms with van der Waals surface area (Å²) in [5, 5.41) is 0. The summed E-state index contributed by atoms with van der Waals surface area (Å²) in [7, 11) is 1.64. The topological polar surface area (TPSA) is 77.3 Å². The Bertz CT molecular complexity index is 1410. The van der Waals surface area contributed by atoms with Gasteiger partial charge in [0.1, 0.15) is 17.1 Å². The number of nitrogens with zero attached hydrogens (tertiary/aromatic N) is 4. The Labute approximate surface area is 233 Å². The number of rotatable bonds is 7. The van der Waals surface area contributed by atoms with Crippen molar-refractivity contribution in [2.75, 3.05) is 20.2 Å². The van der Waals surface area contributed by atoms with E-state index in [2.05, 4.69) is 23.0 Å². The van der Waals surface area contributed by atoms with E-state index in [-0.39, 0.29) is 18.8 Å². The third kappa shape index (κ3) is 5.92.